The lowest BCUT2D eigenvalue weighted by molar-refractivity contribution is -0.122. The van der Waals surface area contributed by atoms with Crippen molar-refractivity contribution in [2.45, 2.75) is 31.6 Å². The van der Waals surface area contributed by atoms with Crippen LogP contribution in [0, 0.1) is 11.8 Å². The number of carboxylic acids is 1. The summed E-state index contributed by atoms with van der Waals surface area (Å²) >= 11 is 0. The number of benzene rings is 3. The molecule has 0 spiro atoms. The molecule has 7 rings (SSSR count). The molecule has 33 heavy (non-hydrogen) atoms. The van der Waals surface area contributed by atoms with Gasteiger partial charge in [0.1, 0.15) is 0 Å². The molecule has 3 aromatic rings. The van der Waals surface area contributed by atoms with Gasteiger partial charge >= 0.3 is 5.97 Å². The smallest absolute Gasteiger partial charge is 0.335 e. The number of anilines is 1. The van der Waals surface area contributed by atoms with Crippen molar-refractivity contribution in [3.63, 3.8) is 0 Å². The van der Waals surface area contributed by atoms with Crippen LogP contribution >= 0.6 is 0 Å². The molecule has 5 heteroatoms. The summed E-state index contributed by atoms with van der Waals surface area (Å²) in [4.78, 5) is 40.1. The molecule has 0 aromatic heterocycles. The minimum atomic E-state index is -1.04. The predicted molar refractivity (Wildman–Crippen MR) is 124 cm³/mol. The van der Waals surface area contributed by atoms with Gasteiger partial charge < -0.3 is 5.11 Å². The second kappa shape index (κ2) is 6.88. The number of nitrogens with zero attached hydrogens (tertiary/aromatic N) is 1. The second-order valence-electron chi connectivity index (χ2n) is 9.54. The third-order valence-electron chi connectivity index (χ3n) is 7.60. The van der Waals surface area contributed by atoms with Gasteiger partial charge in [-0.05, 0) is 58.0 Å². The Labute approximate surface area is 191 Å². The number of imide groups is 1. The Hall–Kier alpha value is -3.73. The average Bonchev–Trinajstić information content (AvgIpc) is 3.09. The van der Waals surface area contributed by atoms with E-state index >= 15 is 0 Å². The molecule has 2 bridgehead atoms. The molecule has 1 saturated heterocycles. The van der Waals surface area contributed by atoms with E-state index in [2.05, 4.69) is 44.2 Å². The Bertz CT molecular complexity index is 1340. The highest BCUT2D eigenvalue weighted by Gasteiger charge is 2.61. The fourth-order valence-corrected chi connectivity index (χ4v) is 6.11. The minimum Gasteiger partial charge on any atom is -0.478 e. The van der Waals surface area contributed by atoms with Gasteiger partial charge in [0.05, 0.1) is 23.1 Å². The molecule has 2 amide bonds. The van der Waals surface area contributed by atoms with E-state index in [0.29, 0.717) is 11.6 Å². The Morgan fingerprint density at radius 3 is 1.88 bits per heavy atom. The molecule has 164 valence electrons. The van der Waals surface area contributed by atoms with E-state index in [1.807, 2.05) is 12.1 Å². The maximum absolute atomic E-state index is 13.8. The summed E-state index contributed by atoms with van der Waals surface area (Å²) < 4.78 is 0. The molecule has 1 fully saturated rings. The van der Waals surface area contributed by atoms with E-state index in [9.17, 15) is 19.5 Å². The molecule has 1 heterocycles. The lowest BCUT2D eigenvalue weighted by atomic mass is 9.54. The van der Waals surface area contributed by atoms with Gasteiger partial charge in [-0.15, -0.1) is 0 Å². The van der Waals surface area contributed by atoms with Crippen molar-refractivity contribution in [2.24, 2.45) is 11.8 Å². The highest BCUT2D eigenvalue weighted by atomic mass is 16.4. The van der Waals surface area contributed by atoms with Crippen LogP contribution < -0.4 is 4.90 Å². The van der Waals surface area contributed by atoms with Gasteiger partial charge in [0.25, 0.3) is 0 Å². The van der Waals surface area contributed by atoms with E-state index in [-0.39, 0.29) is 29.2 Å². The number of carbonyl (C=O) groups is 3. The largest absolute Gasteiger partial charge is 0.478 e. The predicted octanol–water partition coefficient (Wildman–Crippen LogP) is 4.90. The fraction of sp³-hybridized carbons (Fsp3) is 0.250. The van der Waals surface area contributed by atoms with Gasteiger partial charge in [0, 0.05) is 11.8 Å². The SMILES string of the molecule is CC(C)c1ccc2c(c1)C1c3ccccc3C2C2C(=O)N(c3ccc(C(=O)O)cc3)C(=O)C12. The average molecular weight is 437 g/mol. The first kappa shape index (κ1) is 19.9. The normalized spacial score (nSPS) is 24.6. The van der Waals surface area contributed by atoms with E-state index in [1.54, 1.807) is 12.1 Å². The summed E-state index contributed by atoms with van der Waals surface area (Å²) in [6.07, 6.45) is 0. The molecule has 1 N–H and O–H groups in total. The highest BCUT2D eigenvalue weighted by Crippen LogP contribution is 2.61. The summed E-state index contributed by atoms with van der Waals surface area (Å²) in [5.74, 6) is -2.29. The second-order valence-corrected chi connectivity index (χ2v) is 9.54. The standard InChI is InChI=1S/C28H23NO4/c1-14(2)16-9-12-20-21(13-16)23-19-6-4-3-5-18(19)22(20)24-25(23)27(31)29(26(24)30)17-10-7-15(8-11-17)28(32)33/h3-14,22-25H,1-2H3,(H,32,33). The number of amides is 2. The summed E-state index contributed by atoms with van der Waals surface area (Å²) in [6, 6.07) is 20.7. The van der Waals surface area contributed by atoms with Crippen LogP contribution in [0.15, 0.2) is 66.7 Å². The quantitative estimate of drug-likeness (QED) is 0.591. The van der Waals surface area contributed by atoms with Gasteiger partial charge in [-0.1, -0.05) is 56.3 Å². The Morgan fingerprint density at radius 2 is 1.33 bits per heavy atom. The van der Waals surface area contributed by atoms with Crippen molar-refractivity contribution < 1.29 is 19.5 Å². The zero-order valence-corrected chi connectivity index (χ0v) is 18.4. The van der Waals surface area contributed by atoms with Crippen molar-refractivity contribution in [3.8, 4) is 0 Å². The van der Waals surface area contributed by atoms with Gasteiger partial charge in [-0.3, -0.25) is 9.59 Å². The molecule has 1 aliphatic heterocycles. The minimum absolute atomic E-state index is 0.122. The zero-order chi connectivity index (χ0) is 23.0. The van der Waals surface area contributed by atoms with Crippen LogP contribution in [0.5, 0.6) is 0 Å². The number of rotatable bonds is 3. The Kier molecular flexibility index (Phi) is 4.15. The van der Waals surface area contributed by atoms with Crippen molar-refractivity contribution in [1.29, 1.82) is 0 Å². The van der Waals surface area contributed by atoms with Crippen LogP contribution in [0.2, 0.25) is 0 Å². The molecular weight excluding hydrogens is 414 g/mol. The van der Waals surface area contributed by atoms with Crippen molar-refractivity contribution in [2.75, 3.05) is 4.90 Å². The van der Waals surface area contributed by atoms with Crippen LogP contribution in [-0.4, -0.2) is 22.9 Å². The number of hydrogen-bond acceptors (Lipinski definition) is 3. The van der Waals surface area contributed by atoms with Crippen LogP contribution in [0.1, 0.15) is 69.8 Å². The number of carboxylic acid groups (broad SMARTS) is 1. The van der Waals surface area contributed by atoms with E-state index in [4.69, 9.17) is 0 Å². The Morgan fingerprint density at radius 1 is 0.788 bits per heavy atom. The molecule has 4 aliphatic rings. The fourth-order valence-electron chi connectivity index (χ4n) is 6.11. The molecule has 3 aliphatic carbocycles. The highest BCUT2D eigenvalue weighted by molar-refractivity contribution is 6.23. The third kappa shape index (κ3) is 2.62. The van der Waals surface area contributed by atoms with Crippen LogP contribution in [0.4, 0.5) is 5.69 Å². The van der Waals surface area contributed by atoms with Crippen LogP contribution in [0.25, 0.3) is 0 Å². The zero-order valence-electron chi connectivity index (χ0n) is 18.4. The first-order valence-corrected chi connectivity index (χ1v) is 11.3. The molecule has 3 aromatic carbocycles. The molecule has 0 radical (unpaired) electrons. The van der Waals surface area contributed by atoms with Crippen molar-refractivity contribution >= 4 is 23.5 Å². The molecule has 4 unspecified atom stereocenters. The van der Waals surface area contributed by atoms with E-state index < -0.39 is 17.8 Å². The third-order valence-corrected chi connectivity index (χ3v) is 7.60. The van der Waals surface area contributed by atoms with E-state index in [1.165, 1.54) is 22.6 Å². The topological polar surface area (TPSA) is 74.7 Å². The number of aromatic carboxylic acids is 1. The first-order valence-electron chi connectivity index (χ1n) is 11.3. The van der Waals surface area contributed by atoms with Crippen LogP contribution in [-0.2, 0) is 9.59 Å². The first-order chi connectivity index (χ1) is 15.9. The molecule has 0 saturated carbocycles. The molecule has 4 atom stereocenters. The van der Waals surface area contributed by atoms with Crippen molar-refractivity contribution in [3.05, 3.63) is 100 Å². The molecular formula is C28H23NO4. The Balaban J connectivity index is 1.51. The summed E-state index contributed by atoms with van der Waals surface area (Å²) in [5, 5.41) is 9.21. The monoisotopic (exact) mass is 437 g/mol. The van der Waals surface area contributed by atoms with Gasteiger partial charge in [-0.25, -0.2) is 9.69 Å². The lowest BCUT2D eigenvalue weighted by Gasteiger charge is -2.46. The van der Waals surface area contributed by atoms with Crippen LogP contribution in [0.3, 0.4) is 0 Å². The molecule has 5 nitrogen and oxygen atoms in total. The van der Waals surface area contributed by atoms with E-state index in [0.717, 1.165) is 22.3 Å². The number of hydrogen-bond donors (Lipinski definition) is 1. The maximum Gasteiger partial charge on any atom is 0.335 e. The van der Waals surface area contributed by atoms with Crippen molar-refractivity contribution in [1.82, 2.24) is 0 Å². The van der Waals surface area contributed by atoms with Gasteiger partial charge in [-0.2, -0.15) is 0 Å². The van der Waals surface area contributed by atoms with Gasteiger partial charge in [0.15, 0.2) is 0 Å². The summed E-state index contributed by atoms with van der Waals surface area (Å²) in [6.45, 7) is 4.32. The number of carbonyl (C=O) groups excluding carboxylic acids is 2. The summed E-state index contributed by atoms with van der Waals surface area (Å²) in [7, 11) is 0. The maximum atomic E-state index is 13.8. The summed E-state index contributed by atoms with van der Waals surface area (Å²) in [5.41, 5.74) is 6.37. The lowest BCUT2D eigenvalue weighted by Crippen LogP contribution is -2.41. The van der Waals surface area contributed by atoms with Gasteiger partial charge in [0.2, 0.25) is 11.8 Å².